The molecule has 0 bridgehead atoms. The van der Waals surface area contributed by atoms with Crippen molar-refractivity contribution in [3.05, 3.63) is 119 Å². The summed E-state index contributed by atoms with van der Waals surface area (Å²) in [6.45, 7) is 0. The number of Topliss-reactive ketones (excluding diaryl/α,β-unsaturated/α-hetero) is 1. The summed E-state index contributed by atoms with van der Waals surface area (Å²) in [6.07, 6.45) is 1.01. The molecule has 7 N–H and O–H groups in total. The average Bonchev–Trinajstić information content (AvgIpc) is 3.17. The van der Waals surface area contributed by atoms with E-state index < -0.39 is 71.6 Å². The fourth-order valence-corrected chi connectivity index (χ4v) is 8.18. The Labute approximate surface area is 339 Å². The Balaban J connectivity index is 1.31. The summed E-state index contributed by atoms with van der Waals surface area (Å²) in [5.41, 5.74) is 8.21. The number of nitrogens with zero attached hydrogens (tertiary/aromatic N) is 5. The third-order valence-electron chi connectivity index (χ3n) is 8.78. The molecule has 6 aromatic carbocycles. The highest BCUT2D eigenvalue weighted by molar-refractivity contribution is 7.91. The Kier molecular flexibility index (Phi) is 10.5. The molecule has 20 nitrogen and oxygen atoms in total. The van der Waals surface area contributed by atoms with Crippen LogP contribution in [0.2, 0.25) is 0 Å². The van der Waals surface area contributed by atoms with Crippen molar-refractivity contribution < 1.29 is 56.7 Å². The van der Waals surface area contributed by atoms with E-state index in [2.05, 4.69) is 31.0 Å². The summed E-state index contributed by atoms with van der Waals surface area (Å²) in [4.78, 5) is 11.0. The largest absolute Gasteiger partial charge is 0.399 e. The smallest absolute Gasteiger partial charge is 0.296 e. The summed E-state index contributed by atoms with van der Waals surface area (Å²) in [5, 5.41) is 21.3. The number of rotatable bonds is 10. The van der Waals surface area contributed by atoms with Crippen LogP contribution in [0.1, 0.15) is 15.9 Å². The van der Waals surface area contributed by atoms with Crippen molar-refractivity contribution in [1.29, 1.82) is 0 Å². The molecule has 0 aromatic heterocycles. The van der Waals surface area contributed by atoms with E-state index in [0.717, 1.165) is 42.5 Å². The molecule has 1 aliphatic carbocycles. The van der Waals surface area contributed by atoms with Gasteiger partial charge in [-0.15, -0.1) is 15.3 Å². The van der Waals surface area contributed by atoms with Gasteiger partial charge in [-0.25, -0.2) is 0 Å². The van der Waals surface area contributed by atoms with Crippen LogP contribution in [0.15, 0.2) is 148 Å². The third kappa shape index (κ3) is 8.56. The molecule has 24 heteroatoms. The number of carbonyl (C=O) groups excluding carboxylic acids is 1. The van der Waals surface area contributed by atoms with Gasteiger partial charge in [-0.3, -0.25) is 28.4 Å². The molecule has 1 aliphatic rings. The number of allylic oxidation sites excluding steroid dienone is 1. The summed E-state index contributed by atoms with van der Waals surface area (Å²) >= 11 is 0. The second-order valence-corrected chi connectivity index (χ2v) is 18.4. The summed E-state index contributed by atoms with van der Waals surface area (Å²) in [6, 6.07) is 21.4. The van der Waals surface area contributed by atoms with Gasteiger partial charge in [0.1, 0.15) is 4.91 Å². The number of nitrogens with two attached hydrogens (primary N) is 1. The first-order chi connectivity index (χ1) is 28.1. The van der Waals surface area contributed by atoms with Gasteiger partial charge in [0.2, 0.25) is 5.78 Å². The molecule has 0 heterocycles. The molecule has 6 aromatic rings. The molecule has 0 atom stereocenters. The van der Waals surface area contributed by atoms with Gasteiger partial charge in [-0.05, 0) is 96.6 Å². The second kappa shape index (κ2) is 15.2. The van der Waals surface area contributed by atoms with Crippen molar-refractivity contribution in [3.8, 4) is 0 Å². The topological polar surface area (TPSA) is 334 Å². The molecule has 306 valence electrons. The number of ketones is 1. The van der Waals surface area contributed by atoms with Crippen LogP contribution in [0.4, 0.5) is 34.1 Å². The number of hydrazone groups is 1. The number of fused-ring (bicyclic) bond motifs is 3. The number of nitrogen functional groups attached to an aromatic ring is 1. The Morgan fingerprint density at radius 2 is 1.05 bits per heavy atom. The van der Waals surface area contributed by atoms with Crippen LogP contribution in [0.25, 0.3) is 27.6 Å². The quantitative estimate of drug-likeness (QED) is 0.0347. The third-order valence-corrected chi connectivity index (χ3v) is 12.2. The maximum absolute atomic E-state index is 13.4. The van der Waals surface area contributed by atoms with Crippen LogP contribution in [0, 0.1) is 0 Å². The lowest BCUT2D eigenvalue weighted by molar-refractivity contribution is 0.106. The van der Waals surface area contributed by atoms with Gasteiger partial charge in [0, 0.05) is 32.8 Å². The molecule has 0 fully saturated rings. The number of anilines is 2. The van der Waals surface area contributed by atoms with Crippen LogP contribution in [-0.2, 0) is 40.5 Å². The van der Waals surface area contributed by atoms with Gasteiger partial charge in [-0.1, -0.05) is 18.2 Å². The normalized spacial score (nSPS) is 14.6. The van der Waals surface area contributed by atoms with Crippen molar-refractivity contribution in [2.75, 3.05) is 11.2 Å². The minimum atomic E-state index is -5.02. The van der Waals surface area contributed by atoms with Gasteiger partial charge in [0.05, 0.1) is 43.1 Å². The molecule has 0 spiro atoms. The first kappa shape index (κ1) is 41.5. The average molecular weight is 892 g/mol. The highest BCUT2D eigenvalue weighted by Gasteiger charge is 2.33. The zero-order valence-electron chi connectivity index (χ0n) is 29.8. The molecular weight excluding hydrogens is 867 g/mol. The van der Waals surface area contributed by atoms with Crippen molar-refractivity contribution in [1.82, 2.24) is 0 Å². The Morgan fingerprint density at radius 1 is 0.517 bits per heavy atom. The predicted octanol–water partition coefficient (Wildman–Crippen LogP) is 7.04. The van der Waals surface area contributed by atoms with E-state index in [1.54, 1.807) is 0 Å². The fraction of sp³-hybridized carbons (Fsp3) is 0. The molecule has 0 aliphatic heterocycles. The number of benzene rings is 6. The molecule has 0 amide bonds. The molecule has 0 radical (unpaired) electrons. The molecule has 0 saturated heterocycles. The van der Waals surface area contributed by atoms with Crippen molar-refractivity contribution in [3.63, 3.8) is 0 Å². The molecule has 0 unspecified atom stereocenters. The minimum Gasteiger partial charge on any atom is -0.399 e. The summed E-state index contributed by atoms with van der Waals surface area (Å²) < 4.78 is 135. The van der Waals surface area contributed by atoms with E-state index in [-0.39, 0.29) is 66.8 Å². The van der Waals surface area contributed by atoms with E-state index in [1.165, 1.54) is 66.7 Å². The highest BCUT2D eigenvalue weighted by Crippen LogP contribution is 2.39. The highest BCUT2D eigenvalue weighted by atomic mass is 32.2. The number of nitrogens with one attached hydrogen (secondary N) is 1. The summed E-state index contributed by atoms with van der Waals surface area (Å²) in [5.74, 6) is -0.893. The summed E-state index contributed by atoms with van der Waals surface area (Å²) in [7, 11) is -19.1. The molecular formula is C36H25N7O13S4. The number of azo groups is 2. The van der Waals surface area contributed by atoms with Gasteiger partial charge in [0.15, 0.2) is 5.71 Å². The molecule has 60 heavy (non-hydrogen) atoms. The number of hydrogen-bond acceptors (Lipinski definition) is 16. The fourth-order valence-electron chi connectivity index (χ4n) is 5.99. The molecule has 7 rings (SSSR count). The molecule has 0 saturated carbocycles. The number of hydrogen-bond donors (Lipinski definition) is 6. The standard InChI is InChI=1S/C36H25N7O13S4/c37-20-4-7-25-19(14-20)15-34(60(54,55)56)35(36(25)44)43-42-33-13-11-31(27-9-6-24(18-29(27)33)59(51,52)53)41-40-30-10-12-32(28-17-23(58(48,49)50)5-8-26(28)30)39-38-21-2-1-3-22(16-21)57(45,46)47/h1-18,42H,37H2,(H,45,46,47)(H,48,49,50)(H,51,52,53)(H,54,55,56)/b39-38?,41-40?,43-35+. The van der Waals surface area contributed by atoms with E-state index in [4.69, 9.17) is 5.73 Å². The zero-order valence-corrected chi connectivity index (χ0v) is 33.1. The zero-order chi connectivity index (χ0) is 43.4. The van der Waals surface area contributed by atoms with E-state index in [0.29, 0.717) is 0 Å². The van der Waals surface area contributed by atoms with E-state index in [1.807, 2.05) is 0 Å². The maximum atomic E-state index is 13.4. The van der Waals surface area contributed by atoms with Crippen molar-refractivity contribution >= 4 is 114 Å². The van der Waals surface area contributed by atoms with Crippen molar-refractivity contribution in [2.45, 2.75) is 14.7 Å². The SMILES string of the molecule is Nc1ccc2c(c1)C=C(S(=O)(=O)O)/C(=N\Nc1ccc(N=Nc3ccc(N=Nc4cccc(S(=O)(=O)O)c4)c4cc(S(=O)(=O)O)ccc34)c3ccc(S(=O)(=O)O)cc13)C2=O. The van der Waals surface area contributed by atoms with Gasteiger partial charge in [-0.2, -0.15) is 43.9 Å². The Morgan fingerprint density at radius 3 is 1.65 bits per heavy atom. The van der Waals surface area contributed by atoms with Gasteiger partial charge in [0.25, 0.3) is 40.5 Å². The van der Waals surface area contributed by atoms with E-state index >= 15 is 0 Å². The maximum Gasteiger partial charge on any atom is 0.296 e. The van der Waals surface area contributed by atoms with Crippen LogP contribution >= 0.6 is 0 Å². The second-order valence-electron chi connectivity index (χ2n) is 12.7. The van der Waals surface area contributed by atoms with Crippen LogP contribution in [0.5, 0.6) is 0 Å². The minimum absolute atomic E-state index is 0.0120. The van der Waals surface area contributed by atoms with Crippen LogP contribution < -0.4 is 11.2 Å². The Bertz CT molecular complexity index is 3440. The van der Waals surface area contributed by atoms with Crippen LogP contribution in [0.3, 0.4) is 0 Å². The van der Waals surface area contributed by atoms with Gasteiger partial charge < -0.3 is 5.73 Å². The predicted molar refractivity (Wildman–Crippen MR) is 218 cm³/mol. The van der Waals surface area contributed by atoms with E-state index in [9.17, 15) is 56.7 Å². The van der Waals surface area contributed by atoms with Crippen molar-refractivity contribution in [2.24, 2.45) is 25.6 Å². The lowest BCUT2D eigenvalue weighted by atomic mass is 9.94. The monoisotopic (exact) mass is 891 g/mol. The lowest BCUT2D eigenvalue weighted by Gasteiger charge is -2.17. The lowest BCUT2D eigenvalue weighted by Crippen LogP contribution is -2.27. The first-order valence-electron chi connectivity index (χ1n) is 16.5. The first-order valence-corrected chi connectivity index (χ1v) is 22.3. The van der Waals surface area contributed by atoms with Crippen LogP contribution in [-0.4, -0.2) is 63.4 Å². The number of carbonyl (C=O) groups is 1. The van der Waals surface area contributed by atoms with Gasteiger partial charge >= 0.3 is 0 Å². The Hall–Kier alpha value is -6.64.